The predicted molar refractivity (Wildman–Crippen MR) is 67.6 cm³/mol. The smallest absolute Gasteiger partial charge is 0.345 e. The lowest BCUT2D eigenvalue weighted by Crippen LogP contribution is -2.47. The number of hydrogen-bond donors (Lipinski definition) is 3. The fourth-order valence-corrected chi connectivity index (χ4v) is 4.07. The van der Waals surface area contributed by atoms with E-state index in [1.165, 1.54) is 5.38 Å². The molecule has 1 aromatic rings. The van der Waals surface area contributed by atoms with Gasteiger partial charge in [-0.3, -0.25) is 4.79 Å². The largest absolute Gasteiger partial charge is 0.477 e. The van der Waals surface area contributed by atoms with Gasteiger partial charge in [-0.05, 0) is 12.5 Å². The first-order valence-electron chi connectivity index (χ1n) is 5.49. The van der Waals surface area contributed by atoms with Gasteiger partial charge in [0, 0.05) is 24.4 Å². The lowest BCUT2D eigenvalue weighted by molar-refractivity contribution is -0.122. The second-order valence-electron chi connectivity index (χ2n) is 4.11. The molecule has 1 amide bonds. The zero-order valence-electron chi connectivity index (χ0n) is 9.75. The van der Waals surface area contributed by atoms with Crippen LogP contribution >= 0.6 is 11.3 Å². The third kappa shape index (κ3) is 3.31. The molecular weight excluding hydrogens is 292 g/mol. The van der Waals surface area contributed by atoms with Crippen LogP contribution in [-0.4, -0.2) is 38.0 Å². The molecule has 1 aliphatic heterocycles. The summed E-state index contributed by atoms with van der Waals surface area (Å²) in [5, 5.41) is 12.6. The number of hydrogen-bond acceptors (Lipinski definition) is 5. The summed E-state index contributed by atoms with van der Waals surface area (Å²) in [7, 11) is -3.74. The Morgan fingerprint density at radius 2 is 2.26 bits per heavy atom. The van der Waals surface area contributed by atoms with Gasteiger partial charge >= 0.3 is 5.97 Å². The van der Waals surface area contributed by atoms with Gasteiger partial charge < -0.3 is 10.4 Å². The second kappa shape index (κ2) is 5.27. The third-order valence-electron chi connectivity index (χ3n) is 2.68. The van der Waals surface area contributed by atoms with E-state index in [9.17, 15) is 18.0 Å². The number of amides is 1. The van der Waals surface area contributed by atoms with E-state index in [1.54, 1.807) is 0 Å². The molecule has 2 heterocycles. The van der Waals surface area contributed by atoms with Gasteiger partial charge in [0.25, 0.3) is 0 Å². The van der Waals surface area contributed by atoms with Crippen molar-refractivity contribution >= 4 is 33.2 Å². The van der Waals surface area contributed by atoms with E-state index >= 15 is 0 Å². The normalized spacial score (nSPS) is 20.0. The summed E-state index contributed by atoms with van der Waals surface area (Å²) in [6.45, 7) is 0.244. The molecule has 1 aliphatic rings. The zero-order valence-corrected chi connectivity index (χ0v) is 11.4. The first-order valence-corrected chi connectivity index (χ1v) is 7.85. The van der Waals surface area contributed by atoms with E-state index in [1.807, 2.05) is 0 Å². The van der Waals surface area contributed by atoms with Crippen LogP contribution in [0.1, 0.15) is 22.5 Å². The average Bonchev–Trinajstić information content (AvgIpc) is 2.82. The van der Waals surface area contributed by atoms with Gasteiger partial charge in [-0.1, -0.05) is 0 Å². The van der Waals surface area contributed by atoms with Crippen LogP contribution in [0.15, 0.2) is 16.3 Å². The number of rotatable bonds is 4. The molecule has 0 bridgehead atoms. The molecule has 3 N–H and O–H groups in total. The highest BCUT2D eigenvalue weighted by atomic mass is 32.2. The van der Waals surface area contributed by atoms with Gasteiger partial charge in [-0.25, -0.2) is 17.9 Å². The van der Waals surface area contributed by atoms with Crippen molar-refractivity contribution in [2.75, 3.05) is 6.54 Å². The van der Waals surface area contributed by atoms with Crippen LogP contribution in [0.5, 0.6) is 0 Å². The Morgan fingerprint density at radius 3 is 2.79 bits per heavy atom. The van der Waals surface area contributed by atoms with Crippen molar-refractivity contribution in [2.24, 2.45) is 0 Å². The van der Waals surface area contributed by atoms with Crippen molar-refractivity contribution in [2.45, 2.75) is 23.8 Å². The molecule has 7 nitrogen and oxygen atoms in total. The third-order valence-corrected chi connectivity index (χ3v) is 5.25. The Hall–Kier alpha value is -1.45. The molecule has 9 heteroatoms. The summed E-state index contributed by atoms with van der Waals surface area (Å²) in [5.41, 5.74) is 0. The highest BCUT2D eigenvalue weighted by Crippen LogP contribution is 2.20. The maximum absolute atomic E-state index is 12.0. The number of carbonyl (C=O) groups excluding carboxylic acids is 1. The van der Waals surface area contributed by atoms with Crippen LogP contribution in [-0.2, 0) is 14.8 Å². The summed E-state index contributed by atoms with van der Waals surface area (Å²) >= 11 is 0.858. The summed E-state index contributed by atoms with van der Waals surface area (Å²) < 4.78 is 26.5. The van der Waals surface area contributed by atoms with E-state index < -0.39 is 16.0 Å². The minimum Gasteiger partial charge on any atom is -0.477 e. The molecule has 1 fully saturated rings. The minimum atomic E-state index is -3.74. The van der Waals surface area contributed by atoms with Crippen LogP contribution in [0.4, 0.5) is 0 Å². The van der Waals surface area contributed by atoms with Crippen LogP contribution in [0.25, 0.3) is 0 Å². The van der Waals surface area contributed by atoms with Crippen LogP contribution in [0.2, 0.25) is 0 Å². The summed E-state index contributed by atoms with van der Waals surface area (Å²) in [6, 6.07) is 0.757. The number of carbonyl (C=O) groups is 2. The highest BCUT2D eigenvalue weighted by molar-refractivity contribution is 7.89. The van der Waals surface area contributed by atoms with Gasteiger partial charge in [0.2, 0.25) is 15.9 Å². The molecule has 0 saturated carbocycles. The molecule has 1 atom stereocenters. The van der Waals surface area contributed by atoms with Gasteiger partial charge in [-0.2, -0.15) is 0 Å². The molecular formula is C10H12N2O5S2. The van der Waals surface area contributed by atoms with E-state index in [0.29, 0.717) is 6.42 Å². The standard InChI is InChI=1S/C10H12N2O5S2/c13-9-2-1-6(4-11-9)12-19(16,17)7-3-8(10(14)15)18-5-7/h3,5-6,12H,1-2,4H2,(H,11,13)(H,14,15). The van der Waals surface area contributed by atoms with Crippen molar-refractivity contribution in [1.29, 1.82) is 0 Å². The SMILES string of the molecule is O=C1CCC(NS(=O)(=O)c2csc(C(=O)O)c2)CN1. The number of sulfonamides is 1. The quantitative estimate of drug-likeness (QED) is 0.725. The van der Waals surface area contributed by atoms with Crippen LogP contribution < -0.4 is 10.0 Å². The molecule has 2 rings (SSSR count). The Labute approximate surface area is 113 Å². The molecule has 0 aromatic carbocycles. The Bertz CT molecular complexity index is 597. The molecule has 104 valence electrons. The Morgan fingerprint density at radius 1 is 1.53 bits per heavy atom. The lowest BCUT2D eigenvalue weighted by atomic mass is 10.1. The maximum atomic E-state index is 12.0. The fourth-order valence-electron chi connectivity index (χ4n) is 1.69. The maximum Gasteiger partial charge on any atom is 0.345 e. The van der Waals surface area contributed by atoms with Crippen LogP contribution in [0.3, 0.4) is 0 Å². The summed E-state index contributed by atoms with van der Waals surface area (Å²) in [5.74, 6) is -1.25. The molecule has 0 aliphatic carbocycles. The fraction of sp³-hybridized carbons (Fsp3) is 0.400. The van der Waals surface area contributed by atoms with Crippen molar-refractivity contribution in [3.63, 3.8) is 0 Å². The van der Waals surface area contributed by atoms with Gasteiger partial charge in [0.1, 0.15) is 4.88 Å². The molecule has 1 unspecified atom stereocenters. The van der Waals surface area contributed by atoms with E-state index in [2.05, 4.69) is 10.0 Å². The summed E-state index contributed by atoms with van der Waals surface area (Å²) in [6.07, 6.45) is 0.707. The molecule has 0 spiro atoms. The van der Waals surface area contributed by atoms with E-state index in [4.69, 9.17) is 5.11 Å². The lowest BCUT2D eigenvalue weighted by Gasteiger charge is -2.22. The number of carboxylic acid groups (broad SMARTS) is 1. The number of piperidine rings is 1. The predicted octanol–water partition coefficient (Wildman–Crippen LogP) is 0.00320. The summed E-state index contributed by atoms with van der Waals surface area (Å²) in [4.78, 5) is 21.6. The molecule has 0 radical (unpaired) electrons. The van der Waals surface area contributed by atoms with E-state index in [0.717, 1.165) is 17.4 Å². The minimum absolute atomic E-state index is 0.0303. The molecule has 1 aromatic heterocycles. The van der Waals surface area contributed by atoms with Crippen LogP contribution in [0, 0.1) is 0 Å². The Balaban J connectivity index is 2.09. The van der Waals surface area contributed by atoms with Gasteiger partial charge in [-0.15, -0.1) is 11.3 Å². The number of aromatic carboxylic acids is 1. The number of thiophene rings is 1. The first kappa shape index (κ1) is 14.0. The van der Waals surface area contributed by atoms with E-state index in [-0.39, 0.29) is 34.7 Å². The second-order valence-corrected chi connectivity index (χ2v) is 6.74. The zero-order chi connectivity index (χ0) is 14.0. The van der Waals surface area contributed by atoms with Gasteiger partial charge in [0.05, 0.1) is 4.90 Å². The van der Waals surface area contributed by atoms with Crippen molar-refractivity contribution < 1.29 is 23.1 Å². The van der Waals surface area contributed by atoms with Crippen molar-refractivity contribution in [3.8, 4) is 0 Å². The highest BCUT2D eigenvalue weighted by Gasteiger charge is 2.25. The molecule has 19 heavy (non-hydrogen) atoms. The Kier molecular flexibility index (Phi) is 3.88. The first-order chi connectivity index (χ1) is 8.88. The average molecular weight is 304 g/mol. The van der Waals surface area contributed by atoms with Crippen molar-refractivity contribution in [3.05, 3.63) is 16.3 Å². The molecule has 1 saturated heterocycles. The number of nitrogens with one attached hydrogen (secondary N) is 2. The topological polar surface area (TPSA) is 113 Å². The monoisotopic (exact) mass is 304 g/mol. The van der Waals surface area contributed by atoms with Crippen molar-refractivity contribution in [1.82, 2.24) is 10.0 Å². The number of carboxylic acids is 1. The van der Waals surface area contributed by atoms with Gasteiger partial charge in [0.15, 0.2) is 0 Å².